The molecule has 4 nitrogen and oxygen atoms in total. The Kier molecular flexibility index (Phi) is 6.05. The maximum Gasteiger partial charge on any atom is 0.387 e. The Morgan fingerprint density at radius 1 is 1.04 bits per heavy atom. The van der Waals surface area contributed by atoms with E-state index in [-0.39, 0.29) is 11.7 Å². The third-order valence-electron chi connectivity index (χ3n) is 3.13. The summed E-state index contributed by atoms with van der Waals surface area (Å²) in [5, 5.41) is 2.77. The molecule has 0 saturated carbocycles. The van der Waals surface area contributed by atoms with Crippen LogP contribution in [0.3, 0.4) is 0 Å². The Morgan fingerprint density at radius 2 is 1.65 bits per heavy atom. The number of carbonyl (C=O) groups excluding carboxylic acids is 1. The van der Waals surface area contributed by atoms with E-state index in [1.165, 1.54) is 24.3 Å². The van der Waals surface area contributed by atoms with E-state index in [9.17, 15) is 13.6 Å². The fraction of sp³-hybridized carbons (Fsp3) is 0.235. The van der Waals surface area contributed by atoms with Crippen LogP contribution in [0.15, 0.2) is 48.5 Å². The van der Waals surface area contributed by atoms with Crippen LogP contribution in [-0.2, 0) is 17.9 Å². The summed E-state index contributed by atoms with van der Waals surface area (Å²) in [5.74, 6) is -0.264. The van der Waals surface area contributed by atoms with Gasteiger partial charge in [0.25, 0.3) is 5.91 Å². The lowest BCUT2D eigenvalue weighted by Crippen LogP contribution is -2.22. The smallest absolute Gasteiger partial charge is 0.387 e. The molecular formula is C17H17F2NO3. The number of ether oxygens (including phenoxy) is 2. The van der Waals surface area contributed by atoms with E-state index >= 15 is 0 Å². The second kappa shape index (κ2) is 8.24. The van der Waals surface area contributed by atoms with Gasteiger partial charge in [0.05, 0.1) is 6.61 Å². The number of benzene rings is 2. The van der Waals surface area contributed by atoms with Crippen molar-refractivity contribution in [2.45, 2.75) is 19.8 Å². The summed E-state index contributed by atoms with van der Waals surface area (Å²) in [4.78, 5) is 12.0. The first-order valence-electron chi connectivity index (χ1n) is 6.98. The number of hydrogen-bond donors (Lipinski definition) is 1. The van der Waals surface area contributed by atoms with Crippen molar-refractivity contribution in [1.29, 1.82) is 0 Å². The van der Waals surface area contributed by atoms with Crippen molar-refractivity contribution in [3.63, 3.8) is 0 Å². The fourth-order valence-corrected chi connectivity index (χ4v) is 1.99. The minimum Gasteiger partial charge on any atom is -0.435 e. The van der Waals surface area contributed by atoms with E-state index in [4.69, 9.17) is 4.74 Å². The first-order valence-corrected chi connectivity index (χ1v) is 6.98. The minimum atomic E-state index is -2.88. The van der Waals surface area contributed by atoms with Gasteiger partial charge in [0.2, 0.25) is 0 Å². The second-order valence-corrected chi connectivity index (χ2v) is 4.84. The molecule has 122 valence electrons. The number of carbonyl (C=O) groups is 1. The van der Waals surface area contributed by atoms with Crippen molar-refractivity contribution in [2.75, 3.05) is 7.11 Å². The molecule has 23 heavy (non-hydrogen) atoms. The number of methoxy groups -OCH3 is 1. The molecule has 0 spiro atoms. The van der Waals surface area contributed by atoms with Gasteiger partial charge in [-0.25, -0.2) is 0 Å². The van der Waals surface area contributed by atoms with Gasteiger partial charge >= 0.3 is 6.61 Å². The monoisotopic (exact) mass is 321 g/mol. The zero-order valence-electron chi connectivity index (χ0n) is 12.6. The Hall–Kier alpha value is -2.47. The zero-order chi connectivity index (χ0) is 16.7. The van der Waals surface area contributed by atoms with Crippen molar-refractivity contribution in [1.82, 2.24) is 5.32 Å². The van der Waals surface area contributed by atoms with Gasteiger partial charge in [0, 0.05) is 19.2 Å². The molecule has 2 aromatic carbocycles. The fourth-order valence-electron chi connectivity index (χ4n) is 1.99. The highest BCUT2D eigenvalue weighted by molar-refractivity contribution is 5.94. The second-order valence-electron chi connectivity index (χ2n) is 4.84. The molecule has 0 fully saturated rings. The molecule has 0 saturated heterocycles. The summed E-state index contributed by atoms with van der Waals surface area (Å²) >= 11 is 0. The highest BCUT2D eigenvalue weighted by Crippen LogP contribution is 2.15. The van der Waals surface area contributed by atoms with Crippen molar-refractivity contribution < 1.29 is 23.0 Å². The van der Waals surface area contributed by atoms with Crippen LogP contribution in [0.2, 0.25) is 0 Å². The van der Waals surface area contributed by atoms with Crippen molar-refractivity contribution >= 4 is 5.91 Å². The average Bonchev–Trinajstić information content (AvgIpc) is 2.54. The standard InChI is InChI=1S/C17H17F2NO3/c1-22-11-13-4-2-12(3-5-13)10-20-16(21)14-6-8-15(9-7-14)23-17(18)19/h2-9,17H,10-11H2,1H3,(H,20,21). The van der Waals surface area contributed by atoms with Gasteiger partial charge in [-0.1, -0.05) is 24.3 Å². The minimum absolute atomic E-state index is 0.0188. The van der Waals surface area contributed by atoms with Gasteiger partial charge in [0.15, 0.2) is 0 Å². The molecule has 1 N–H and O–H groups in total. The van der Waals surface area contributed by atoms with Crippen LogP contribution < -0.4 is 10.1 Å². The summed E-state index contributed by atoms with van der Waals surface area (Å²) in [6.45, 7) is -1.96. The number of hydrogen-bond acceptors (Lipinski definition) is 3. The molecule has 0 heterocycles. The summed E-state index contributed by atoms with van der Waals surface area (Å²) in [7, 11) is 1.63. The molecular weight excluding hydrogens is 304 g/mol. The molecule has 1 amide bonds. The van der Waals surface area contributed by atoms with E-state index in [2.05, 4.69) is 10.1 Å². The molecule has 0 atom stereocenters. The summed E-state index contributed by atoms with van der Waals surface area (Å²) in [6.07, 6.45) is 0. The van der Waals surface area contributed by atoms with Crippen LogP contribution in [0.1, 0.15) is 21.5 Å². The topological polar surface area (TPSA) is 47.6 Å². The lowest BCUT2D eigenvalue weighted by Gasteiger charge is -2.08. The lowest BCUT2D eigenvalue weighted by atomic mass is 10.1. The normalized spacial score (nSPS) is 10.6. The Balaban J connectivity index is 1.88. The van der Waals surface area contributed by atoms with Gasteiger partial charge in [0.1, 0.15) is 5.75 Å². The number of rotatable bonds is 7. The number of nitrogens with one attached hydrogen (secondary N) is 1. The van der Waals surface area contributed by atoms with Crippen LogP contribution in [0.25, 0.3) is 0 Å². The highest BCUT2D eigenvalue weighted by Gasteiger charge is 2.08. The molecule has 0 aromatic heterocycles. The molecule has 0 aliphatic rings. The molecule has 2 aromatic rings. The molecule has 0 unspecified atom stereocenters. The predicted octanol–water partition coefficient (Wildman–Crippen LogP) is 3.36. The van der Waals surface area contributed by atoms with Crippen LogP contribution in [0.4, 0.5) is 8.78 Å². The number of alkyl halides is 2. The van der Waals surface area contributed by atoms with E-state index in [1.54, 1.807) is 7.11 Å². The first-order chi connectivity index (χ1) is 11.1. The van der Waals surface area contributed by atoms with Crippen LogP contribution >= 0.6 is 0 Å². The highest BCUT2D eigenvalue weighted by atomic mass is 19.3. The molecule has 0 bridgehead atoms. The van der Waals surface area contributed by atoms with Crippen LogP contribution in [0.5, 0.6) is 5.75 Å². The van der Waals surface area contributed by atoms with Crippen LogP contribution in [-0.4, -0.2) is 19.6 Å². The van der Waals surface area contributed by atoms with E-state index in [1.807, 2.05) is 24.3 Å². The van der Waals surface area contributed by atoms with Crippen molar-refractivity contribution in [3.8, 4) is 5.75 Å². The van der Waals surface area contributed by atoms with Gasteiger partial charge in [-0.3, -0.25) is 4.79 Å². The zero-order valence-corrected chi connectivity index (χ0v) is 12.6. The third kappa shape index (κ3) is 5.34. The van der Waals surface area contributed by atoms with E-state index < -0.39 is 6.61 Å². The molecule has 6 heteroatoms. The number of halogens is 2. The molecule has 0 radical (unpaired) electrons. The Morgan fingerprint density at radius 3 is 2.22 bits per heavy atom. The Labute approximate surface area is 133 Å². The van der Waals surface area contributed by atoms with Gasteiger partial charge < -0.3 is 14.8 Å². The molecule has 0 aliphatic heterocycles. The summed E-state index contributed by atoms with van der Waals surface area (Å²) in [6, 6.07) is 13.2. The predicted molar refractivity (Wildman–Crippen MR) is 81.4 cm³/mol. The maximum absolute atomic E-state index is 12.1. The quantitative estimate of drug-likeness (QED) is 0.850. The van der Waals surface area contributed by atoms with E-state index in [0.29, 0.717) is 18.7 Å². The summed E-state index contributed by atoms with van der Waals surface area (Å²) in [5.41, 5.74) is 2.38. The van der Waals surface area contributed by atoms with E-state index in [0.717, 1.165) is 11.1 Å². The average molecular weight is 321 g/mol. The van der Waals surface area contributed by atoms with Gasteiger partial charge in [-0.05, 0) is 35.4 Å². The largest absolute Gasteiger partial charge is 0.435 e. The summed E-state index contributed by atoms with van der Waals surface area (Å²) < 4.78 is 33.4. The van der Waals surface area contributed by atoms with Gasteiger partial charge in [-0.2, -0.15) is 8.78 Å². The Bertz CT molecular complexity index is 627. The molecule has 0 aliphatic carbocycles. The van der Waals surface area contributed by atoms with Gasteiger partial charge in [-0.15, -0.1) is 0 Å². The van der Waals surface area contributed by atoms with Crippen molar-refractivity contribution in [2.24, 2.45) is 0 Å². The maximum atomic E-state index is 12.1. The van der Waals surface area contributed by atoms with Crippen LogP contribution in [0, 0.1) is 0 Å². The lowest BCUT2D eigenvalue weighted by molar-refractivity contribution is -0.0498. The third-order valence-corrected chi connectivity index (χ3v) is 3.13. The SMILES string of the molecule is COCc1ccc(CNC(=O)c2ccc(OC(F)F)cc2)cc1. The molecule has 2 rings (SSSR count). The number of amides is 1. The van der Waals surface area contributed by atoms with Crippen molar-refractivity contribution in [3.05, 3.63) is 65.2 Å². The first kappa shape index (κ1) is 16.9.